The maximum absolute atomic E-state index is 13.0. The average molecular weight is 380 g/mol. The molecule has 138 valence electrons. The van der Waals surface area contributed by atoms with Crippen LogP contribution in [0.25, 0.3) is 10.9 Å². The van der Waals surface area contributed by atoms with Gasteiger partial charge in [0.25, 0.3) is 5.69 Å². The van der Waals surface area contributed by atoms with Gasteiger partial charge in [-0.2, -0.15) is 13.2 Å². The van der Waals surface area contributed by atoms with Crippen molar-refractivity contribution in [2.24, 2.45) is 0 Å². The number of benzene rings is 1. The largest absolute Gasteiger partial charge is 0.423 e. The zero-order valence-corrected chi connectivity index (χ0v) is 14.0. The monoisotopic (exact) mass is 380 g/mol. The average Bonchev–Trinajstić information content (AvgIpc) is 2.86. The number of H-pyrrole nitrogens is 1. The molecule has 7 nitrogen and oxygen atoms in total. The van der Waals surface area contributed by atoms with Gasteiger partial charge in [-0.3, -0.25) is 10.1 Å². The van der Waals surface area contributed by atoms with Crippen LogP contribution in [0.3, 0.4) is 0 Å². The van der Waals surface area contributed by atoms with Crippen molar-refractivity contribution in [3.05, 3.63) is 39.6 Å². The van der Waals surface area contributed by atoms with E-state index < -0.39 is 37.8 Å². The second kappa shape index (κ2) is 5.99. The molecule has 1 aromatic heterocycles. The van der Waals surface area contributed by atoms with Gasteiger partial charge in [0.2, 0.25) is 0 Å². The van der Waals surface area contributed by atoms with Gasteiger partial charge >= 0.3 is 6.18 Å². The van der Waals surface area contributed by atoms with E-state index in [0.29, 0.717) is 6.07 Å². The van der Waals surface area contributed by atoms with Crippen molar-refractivity contribution >= 4 is 26.4 Å². The molecule has 1 heterocycles. The van der Waals surface area contributed by atoms with Crippen molar-refractivity contribution < 1.29 is 31.6 Å². The Bertz CT molecular complexity index is 932. The molecule has 2 N–H and O–H groups in total. The molecule has 11 heteroatoms. The quantitative estimate of drug-likeness (QED) is 0.612. The first-order chi connectivity index (χ1) is 11.2. The number of nitro groups is 1. The molecule has 0 amide bonds. The molecule has 0 saturated carbocycles. The first-order valence-corrected chi connectivity index (χ1v) is 9.06. The summed E-state index contributed by atoms with van der Waals surface area (Å²) in [5.74, 6) is -0.330. The number of aromatic amines is 1. The van der Waals surface area contributed by atoms with Crippen LogP contribution < -0.4 is 0 Å². The number of sulfone groups is 1. The molecule has 2 aromatic rings. The smallest absolute Gasteiger partial charge is 0.384 e. The second-order valence-electron chi connectivity index (χ2n) is 6.05. The number of hydrogen-bond acceptors (Lipinski definition) is 5. The Morgan fingerprint density at radius 2 is 1.88 bits per heavy atom. The van der Waals surface area contributed by atoms with Crippen molar-refractivity contribution in [3.8, 4) is 0 Å². The van der Waals surface area contributed by atoms with Crippen molar-refractivity contribution in [1.29, 1.82) is 0 Å². The Hall–Kier alpha value is -2.14. The molecular formula is C14H15F3N2O5S. The number of hydrogen-bond donors (Lipinski definition) is 2. The van der Waals surface area contributed by atoms with E-state index in [1.165, 1.54) is 13.0 Å². The van der Waals surface area contributed by atoms with Gasteiger partial charge in [0.05, 0.1) is 10.7 Å². The number of rotatable bonds is 5. The number of nitro benzene ring substituents is 1. The summed E-state index contributed by atoms with van der Waals surface area (Å²) in [5, 5.41) is 21.4. The van der Waals surface area contributed by atoms with Crippen LogP contribution in [-0.2, 0) is 21.6 Å². The molecule has 25 heavy (non-hydrogen) atoms. The van der Waals surface area contributed by atoms with Crippen LogP contribution in [0.1, 0.15) is 24.6 Å². The third-order valence-electron chi connectivity index (χ3n) is 3.78. The Morgan fingerprint density at radius 1 is 1.28 bits per heavy atom. The Kier molecular flexibility index (Phi) is 4.60. The van der Waals surface area contributed by atoms with Crippen LogP contribution in [0.15, 0.2) is 18.2 Å². The van der Waals surface area contributed by atoms with Crippen LogP contribution in [-0.4, -0.2) is 35.4 Å². The highest BCUT2D eigenvalue weighted by Gasteiger charge is 2.39. The molecule has 2 rings (SSSR count). The van der Waals surface area contributed by atoms with Crippen molar-refractivity contribution in [2.45, 2.75) is 25.1 Å². The van der Waals surface area contributed by atoms with E-state index in [1.807, 2.05) is 0 Å². The van der Waals surface area contributed by atoms with Crippen molar-refractivity contribution in [1.82, 2.24) is 4.98 Å². The molecule has 1 unspecified atom stereocenters. The lowest BCUT2D eigenvalue weighted by molar-refractivity contribution is -0.387. The number of fused-ring (bicyclic) bond motifs is 1. The topological polar surface area (TPSA) is 113 Å². The number of aliphatic hydroxyl groups is 1. The predicted octanol–water partition coefficient (Wildman–Crippen LogP) is 2.74. The fourth-order valence-corrected chi connectivity index (χ4v) is 3.12. The minimum atomic E-state index is -4.92. The summed E-state index contributed by atoms with van der Waals surface area (Å²) in [7, 11) is -3.35. The van der Waals surface area contributed by atoms with Gasteiger partial charge < -0.3 is 10.1 Å². The molecule has 0 spiro atoms. The van der Waals surface area contributed by atoms with Gasteiger partial charge in [-0.25, -0.2) is 8.42 Å². The Labute approximate surface area is 140 Å². The summed E-state index contributed by atoms with van der Waals surface area (Å²) in [6.45, 7) is 1.31. The fraction of sp³-hybridized carbons (Fsp3) is 0.429. The first-order valence-electron chi connectivity index (χ1n) is 7.00. The molecule has 0 bridgehead atoms. The lowest BCUT2D eigenvalue weighted by Gasteiger charge is -2.21. The summed E-state index contributed by atoms with van der Waals surface area (Å²) in [5.41, 5.74) is -4.14. The molecule has 0 aliphatic rings. The van der Waals surface area contributed by atoms with Crippen LogP contribution in [0.4, 0.5) is 18.9 Å². The number of halogens is 3. The van der Waals surface area contributed by atoms with Crippen LogP contribution in [0.5, 0.6) is 0 Å². The Balaban J connectivity index is 2.54. The second-order valence-corrected chi connectivity index (χ2v) is 8.31. The molecule has 0 fully saturated rings. The molecule has 0 saturated heterocycles. The molecule has 0 radical (unpaired) electrons. The van der Waals surface area contributed by atoms with E-state index in [-0.39, 0.29) is 28.8 Å². The van der Waals surface area contributed by atoms with Crippen molar-refractivity contribution in [3.63, 3.8) is 0 Å². The summed E-state index contributed by atoms with van der Waals surface area (Å²) in [6.07, 6.45) is -4.11. The van der Waals surface area contributed by atoms with E-state index in [1.54, 1.807) is 0 Å². The van der Waals surface area contributed by atoms with E-state index in [2.05, 4.69) is 4.98 Å². The molecule has 1 aromatic carbocycles. The third-order valence-corrected chi connectivity index (χ3v) is 4.72. The highest BCUT2D eigenvalue weighted by atomic mass is 32.2. The van der Waals surface area contributed by atoms with E-state index in [0.717, 1.165) is 12.3 Å². The number of aromatic nitrogens is 1. The Morgan fingerprint density at radius 3 is 2.36 bits per heavy atom. The lowest BCUT2D eigenvalue weighted by atomic mass is 9.99. The van der Waals surface area contributed by atoms with Gasteiger partial charge in [-0.05, 0) is 25.5 Å². The predicted molar refractivity (Wildman–Crippen MR) is 83.9 cm³/mol. The summed E-state index contributed by atoms with van der Waals surface area (Å²) in [4.78, 5) is 12.4. The number of nitrogens with zero attached hydrogens (tertiary/aromatic N) is 1. The summed E-state index contributed by atoms with van der Waals surface area (Å²) < 4.78 is 61.5. The van der Waals surface area contributed by atoms with Gasteiger partial charge in [-0.15, -0.1) is 0 Å². The minimum Gasteiger partial charge on any atom is -0.384 e. The van der Waals surface area contributed by atoms with Gasteiger partial charge in [0, 0.05) is 28.9 Å². The SMILES string of the molecule is CC(O)(CCS(C)(=O)=O)c1cc2cc([N+](=O)[O-])c(C(F)(F)F)cc2[nH]1. The fourth-order valence-electron chi connectivity index (χ4n) is 2.36. The normalized spacial score (nSPS) is 15.3. The maximum atomic E-state index is 13.0. The van der Waals surface area contributed by atoms with Crippen LogP contribution >= 0.6 is 0 Å². The number of alkyl halides is 3. The standard InChI is InChI=1S/C14H15F3N2O5S/c1-13(20,3-4-25(2,23)24)12-6-8-5-11(19(21)22)9(14(15,16)17)7-10(8)18-12/h5-7,18,20H,3-4H2,1-2H3. The third kappa shape index (κ3) is 4.28. The molecule has 0 aliphatic heterocycles. The van der Waals surface area contributed by atoms with E-state index in [4.69, 9.17) is 0 Å². The van der Waals surface area contributed by atoms with E-state index >= 15 is 0 Å². The van der Waals surface area contributed by atoms with Gasteiger partial charge in [0.1, 0.15) is 21.0 Å². The maximum Gasteiger partial charge on any atom is 0.423 e. The number of nitrogens with one attached hydrogen (secondary N) is 1. The van der Waals surface area contributed by atoms with Gasteiger partial charge in [-0.1, -0.05) is 0 Å². The summed E-state index contributed by atoms with van der Waals surface area (Å²) in [6, 6.07) is 2.64. The highest BCUT2D eigenvalue weighted by Crippen LogP contribution is 2.39. The molecule has 0 aliphatic carbocycles. The zero-order chi connectivity index (χ0) is 19.2. The van der Waals surface area contributed by atoms with Crippen LogP contribution in [0.2, 0.25) is 0 Å². The lowest BCUT2D eigenvalue weighted by Crippen LogP contribution is -2.25. The minimum absolute atomic E-state index is 0.0486. The molecule has 1 atom stereocenters. The zero-order valence-electron chi connectivity index (χ0n) is 13.2. The van der Waals surface area contributed by atoms with Crippen LogP contribution in [0, 0.1) is 10.1 Å². The summed E-state index contributed by atoms with van der Waals surface area (Å²) >= 11 is 0. The highest BCUT2D eigenvalue weighted by molar-refractivity contribution is 7.90. The first kappa shape index (κ1) is 19.2. The molecular weight excluding hydrogens is 365 g/mol. The van der Waals surface area contributed by atoms with Gasteiger partial charge in [0.15, 0.2) is 0 Å². The van der Waals surface area contributed by atoms with Crippen molar-refractivity contribution in [2.75, 3.05) is 12.0 Å². The van der Waals surface area contributed by atoms with E-state index in [9.17, 15) is 36.8 Å².